The van der Waals surface area contributed by atoms with Crippen LogP contribution >= 0.6 is 0 Å². The number of hydrogen-bond acceptors (Lipinski definition) is 6. The maximum absolute atomic E-state index is 12.4. The van der Waals surface area contributed by atoms with Gasteiger partial charge in [-0.05, 0) is 24.6 Å². The van der Waals surface area contributed by atoms with Gasteiger partial charge in [-0.3, -0.25) is 9.59 Å². The number of aliphatic carboxylic acids is 1. The summed E-state index contributed by atoms with van der Waals surface area (Å²) in [5.74, 6) is -2.39. The van der Waals surface area contributed by atoms with Crippen LogP contribution in [0.15, 0.2) is 65.6 Å². The van der Waals surface area contributed by atoms with Crippen molar-refractivity contribution in [1.29, 1.82) is 0 Å². The number of carboxylic acid groups (broad SMARTS) is 1. The fourth-order valence-electron chi connectivity index (χ4n) is 2.41. The van der Waals surface area contributed by atoms with Gasteiger partial charge >= 0.3 is 12.1 Å². The number of hydrogen-bond donors (Lipinski definition) is 3. The van der Waals surface area contributed by atoms with Crippen molar-refractivity contribution in [3.63, 3.8) is 0 Å². The molecular formula is C19H20N2O7S. The molecule has 0 radical (unpaired) electrons. The molecule has 0 spiro atoms. The lowest BCUT2D eigenvalue weighted by Crippen LogP contribution is -2.58. The Morgan fingerprint density at radius 3 is 2.03 bits per heavy atom. The van der Waals surface area contributed by atoms with Gasteiger partial charge in [0.15, 0.2) is 5.78 Å². The summed E-state index contributed by atoms with van der Waals surface area (Å²) in [5, 5.41) is 11.6. The summed E-state index contributed by atoms with van der Waals surface area (Å²) in [6, 6.07) is 12.2. The summed E-state index contributed by atoms with van der Waals surface area (Å²) >= 11 is 0. The summed E-state index contributed by atoms with van der Waals surface area (Å²) in [7, 11) is -4.25. The van der Waals surface area contributed by atoms with Gasteiger partial charge in [-0.1, -0.05) is 48.5 Å². The minimum atomic E-state index is -4.25. The van der Waals surface area contributed by atoms with Gasteiger partial charge in [0.2, 0.25) is 10.0 Å². The van der Waals surface area contributed by atoms with E-state index in [1.807, 2.05) is 4.72 Å². The van der Waals surface area contributed by atoms with Crippen LogP contribution in [0.2, 0.25) is 0 Å². The number of ether oxygens (including phenoxy) is 1. The highest BCUT2D eigenvalue weighted by Gasteiger charge is 2.37. The predicted molar refractivity (Wildman–Crippen MR) is 102 cm³/mol. The average Bonchev–Trinajstić information content (AvgIpc) is 2.70. The molecule has 10 heteroatoms. The average molecular weight is 420 g/mol. The minimum absolute atomic E-state index is 0.106. The van der Waals surface area contributed by atoms with Gasteiger partial charge in [0.05, 0.1) is 4.90 Å². The fraction of sp³-hybridized carbons (Fsp3) is 0.211. The van der Waals surface area contributed by atoms with Crippen LogP contribution in [0.5, 0.6) is 0 Å². The maximum Gasteiger partial charge on any atom is 0.408 e. The lowest BCUT2D eigenvalue weighted by Gasteiger charge is -2.23. The van der Waals surface area contributed by atoms with Gasteiger partial charge in [-0.15, -0.1) is 0 Å². The number of nitrogens with one attached hydrogen (secondary N) is 2. The van der Waals surface area contributed by atoms with Crippen molar-refractivity contribution in [3.05, 3.63) is 66.2 Å². The second-order valence-electron chi connectivity index (χ2n) is 6.04. The summed E-state index contributed by atoms with van der Waals surface area (Å²) in [6.45, 7) is 0.930. The van der Waals surface area contributed by atoms with E-state index >= 15 is 0 Å². The molecule has 0 fully saturated rings. The van der Waals surface area contributed by atoms with Crippen molar-refractivity contribution in [1.82, 2.24) is 10.0 Å². The van der Waals surface area contributed by atoms with E-state index in [0.717, 1.165) is 6.92 Å². The molecule has 0 saturated carbocycles. The van der Waals surface area contributed by atoms with Crippen molar-refractivity contribution in [2.75, 3.05) is 0 Å². The molecule has 2 unspecified atom stereocenters. The number of carbonyl (C=O) groups is 3. The van der Waals surface area contributed by atoms with Crippen LogP contribution in [-0.4, -0.2) is 43.5 Å². The molecule has 0 aliphatic carbocycles. The first-order valence-electron chi connectivity index (χ1n) is 8.48. The van der Waals surface area contributed by atoms with Crippen LogP contribution < -0.4 is 10.0 Å². The van der Waals surface area contributed by atoms with Crippen LogP contribution in [0.4, 0.5) is 4.79 Å². The number of rotatable bonds is 9. The molecule has 1 amide bonds. The monoisotopic (exact) mass is 420 g/mol. The third-order valence-electron chi connectivity index (χ3n) is 3.86. The number of carboxylic acids is 1. The van der Waals surface area contributed by atoms with Crippen molar-refractivity contribution < 1.29 is 32.6 Å². The zero-order chi connectivity index (χ0) is 21.4. The van der Waals surface area contributed by atoms with Crippen molar-refractivity contribution in [2.45, 2.75) is 30.5 Å². The molecule has 154 valence electrons. The van der Waals surface area contributed by atoms with Gasteiger partial charge in [0.25, 0.3) is 0 Å². The number of carbonyl (C=O) groups excluding carboxylic acids is 2. The summed E-state index contributed by atoms with van der Waals surface area (Å²) in [5.41, 5.74) is 0.682. The van der Waals surface area contributed by atoms with E-state index in [2.05, 4.69) is 5.32 Å². The van der Waals surface area contributed by atoms with E-state index in [4.69, 9.17) is 4.74 Å². The molecule has 2 aromatic rings. The molecule has 0 aliphatic heterocycles. The highest BCUT2D eigenvalue weighted by atomic mass is 32.2. The van der Waals surface area contributed by atoms with Crippen molar-refractivity contribution in [3.8, 4) is 0 Å². The van der Waals surface area contributed by atoms with Gasteiger partial charge in [0.1, 0.15) is 18.7 Å². The second-order valence-corrected chi connectivity index (χ2v) is 7.76. The number of alkyl carbamates (subject to hydrolysis) is 1. The minimum Gasteiger partial charge on any atom is -0.480 e. The Bertz CT molecular complexity index is 963. The highest BCUT2D eigenvalue weighted by molar-refractivity contribution is 7.89. The summed E-state index contributed by atoms with van der Waals surface area (Å²) < 4.78 is 31.8. The molecule has 3 N–H and O–H groups in total. The normalized spacial score (nSPS) is 13.1. The molecule has 0 saturated heterocycles. The summed E-state index contributed by atoms with van der Waals surface area (Å²) in [6.07, 6.45) is -1.06. The third kappa shape index (κ3) is 6.40. The lowest BCUT2D eigenvalue weighted by atomic mass is 10.1. The van der Waals surface area contributed by atoms with Gasteiger partial charge < -0.3 is 15.2 Å². The van der Waals surface area contributed by atoms with Crippen molar-refractivity contribution in [2.24, 2.45) is 0 Å². The molecule has 2 aromatic carbocycles. The first-order valence-corrected chi connectivity index (χ1v) is 9.97. The molecule has 2 atom stereocenters. The van der Waals surface area contributed by atoms with Gasteiger partial charge in [-0.2, -0.15) is 4.72 Å². The molecule has 0 bridgehead atoms. The smallest absolute Gasteiger partial charge is 0.408 e. The quantitative estimate of drug-likeness (QED) is 0.556. The van der Waals surface area contributed by atoms with Crippen LogP contribution in [-0.2, 0) is 31.0 Å². The first kappa shape index (κ1) is 22.1. The van der Waals surface area contributed by atoms with E-state index < -0.39 is 40.0 Å². The predicted octanol–water partition coefficient (Wildman–Crippen LogP) is 1.30. The van der Waals surface area contributed by atoms with E-state index in [0.29, 0.717) is 5.56 Å². The van der Waals surface area contributed by atoms with Crippen molar-refractivity contribution >= 4 is 27.9 Å². The Morgan fingerprint density at radius 2 is 1.52 bits per heavy atom. The molecule has 0 aliphatic rings. The van der Waals surface area contributed by atoms with Crippen LogP contribution in [0, 0.1) is 0 Å². The molecule has 0 heterocycles. The first-order chi connectivity index (χ1) is 13.7. The van der Waals surface area contributed by atoms with E-state index in [9.17, 15) is 27.9 Å². The van der Waals surface area contributed by atoms with Crippen LogP contribution in [0.1, 0.15) is 12.5 Å². The lowest BCUT2D eigenvalue weighted by molar-refractivity contribution is -0.141. The van der Waals surface area contributed by atoms with E-state index in [1.165, 1.54) is 24.3 Å². The number of benzene rings is 2. The Hall–Kier alpha value is -3.24. The Balaban J connectivity index is 2.13. The van der Waals surface area contributed by atoms with Crippen LogP contribution in [0.25, 0.3) is 0 Å². The van der Waals surface area contributed by atoms with E-state index in [1.54, 1.807) is 36.4 Å². The SMILES string of the molecule is CC(=O)C(NC(=O)OCc1ccccc1)C(NS(=O)(=O)c1ccccc1)C(=O)O. The molecule has 2 rings (SSSR count). The zero-order valence-corrected chi connectivity index (χ0v) is 16.3. The largest absolute Gasteiger partial charge is 0.480 e. The molecule has 29 heavy (non-hydrogen) atoms. The standard InChI is InChI=1S/C19H20N2O7S/c1-13(22)16(20-19(25)28-12-14-8-4-2-5-9-14)17(18(23)24)21-29(26,27)15-10-6-3-7-11-15/h2-11,16-17,21H,12H2,1H3,(H,20,25)(H,23,24). The second kappa shape index (κ2) is 9.80. The third-order valence-corrected chi connectivity index (χ3v) is 5.32. The molecular weight excluding hydrogens is 400 g/mol. The fourth-order valence-corrected chi connectivity index (χ4v) is 3.63. The number of amides is 1. The number of Topliss-reactive ketones (excluding diaryl/α,β-unsaturated/α-hetero) is 1. The zero-order valence-electron chi connectivity index (χ0n) is 15.4. The highest BCUT2D eigenvalue weighted by Crippen LogP contribution is 2.10. The Morgan fingerprint density at radius 1 is 0.966 bits per heavy atom. The Labute approximate surface area is 167 Å². The Kier molecular flexibility index (Phi) is 7.46. The van der Waals surface area contributed by atoms with Gasteiger partial charge in [-0.25, -0.2) is 13.2 Å². The van der Waals surface area contributed by atoms with Gasteiger partial charge in [0, 0.05) is 0 Å². The van der Waals surface area contributed by atoms with E-state index in [-0.39, 0.29) is 11.5 Å². The number of sulfonamides is 1. The van der Waals surface area contributed by atoms with Crippen LogP contribution in [0.3, 0.4) is 0 Å². The summed E-state index contributed by atoms with van der Waals surface area (Å²) in [4.78, 5) is 35.5. The number of ketones is 1. The maximum atomic E-state index is 12.4. The molecule has 9 nitrogen and oxygen atoms in total. The topological polar surface area (TPSA) is 139 Å². The molecule has 0 aromatic heterocycles.